The molecule has 0 aliphatic carbocycles. The van der Waals surface area contributed by atoms with Crippen LogP contribution in [-0.4, -0.2) is 28.6 Å². The number of benzene rings is 1. The number of rotatable bonds is 6. The highest BCUT2D eigenvalue weighted by Crippen LogP contribution is 2.34. The van der Waals surface area contributed by atoms with Crippen molar-refractivity contribution in [3.05, 3.63) is 34.3 Å². The van der Waals surface area contributed by atoms with E-state index < -0.39 is 0 Å². The maximum atomic E-state index is 12.5. The fourth-order valence-corrected chi connectivity index (χ4v) is 4.17. The number of aryl methyl sites for hydroxylation is 2. The van der Waals surface area contributed by atoms with Gasteiger partial charge in [-0.2, -0.15) is 0 Å². The average Bonchev–Trinajstić information content (AvgIpc) is 3.25. The lowest BCUT2D eigenvalue weighted by Crippen LogP contribution is -2.24. The van der Waals surface area contributed by atoms with Gasteiger partial charge in [-0.3, -0.25) is 9.59 Å². The summed E-state index contributed by atoms with van der Waals surface area (Å²) in [5, 5.41) is 12.5. The number of hydrogen-bond donors (Lipinski definition) is 1. The predicted molar refractivity (Wildman–Crippen MR) is 108 cm³/mol. The molecule has 0 spiro atoms. The minimum atomic E-state index is -0.0121. The zero-order valence-corrected chi connectivity index (χ0v) is 17.1. The fraction of sp³-hybridized carbons (Fsp3) is 0.500. The first-order chi connectivity index (χ1) is 12.9. The molecule has 1 aliphatic heterocycles. The molecule has 6 nitrogen and oxygen atoms in total. The first kappa shape index (κ1) is 19.5. The van der Waals surface area contributed by atoms with Crippen molar-refractivity contribution in [2.24, 2.45) is 5.92 Å². The van der Waals surface area contributed by atoms with Crippen molar-refractivity contribution < 1.29 is 9.59 Å². The molecule has 3 rings (SSSR count). The lowest BCUT2D eigenvalue weighted by atomic mass is 10.0. The second-order valence-corrected chi connectivity index (χ2v) is 8.13. The van der Waals surface area contributed by atoms with Crippen LogP contribution in [0.3, 0.4) is 0 Å². The van der Waals surface area contributed by atoms with Gasteiger partial charge in [0.25, 0.3) is 0 Å². The van der Waals surface area contributed by atoms with Gasteiger partial charge in [-0.05, 0) is 49.9 Å². The van der Waals surface area contributed by atoms with Gasteiger partial charge in [0.05, 0.1) is 0 Å². The first-order valence-corrected chi connectivity index (χ1v) is 10.3. The molecule has 27 heavy (non-hydrogen) atoms. The van der Waals surface area contributed by atoms with E-state index in [4.69, 9.17) is 0 Å². The van der Waals surface area contributed by atoms with Crippen LogP contribution in [-0.2, 0) is 9.59 Å². The number of carbonyl (C=O) groups excluding carboxylic acids is 2. The highest BCUT2D eigenvalue weighted by atomic mass is 32.1. The molecule has 2 heterocycles. The zero-order valence-electron chi connectivity index (χ0n) is 16.3. The van der Waals surface area contributed by atoms with Crippen molar-refractivity contribution >= 4 is 34.0 Å². The van der Waals surface area contributed by atoms with Crippen LogP contribution in [0.5, 0.6) is 0 Å². The Kier molecular flexibility index (Phi) is 5.89. The topological polar surface area (TPSA) is 75.2 Å². The summed E-state index contributed by atoms with van der Waals surface area (Å²) in [6.45, 7) is 8.72. The fourth-order valence-electron chi connectivity index (χ4n) is 3.33. The molecule has 1 aromatic heterocycles. The van der Waals surface area contributed by atoms with Gasteiger partial charge in [-0.1, -0.05) is 31.3 Å². The number of nitrogens with zero attached hydrogens (tertiary/aromatic N) is 3. The Morgan fingerprint density at radius 2 is 2.00 bits per heavy atom. The van der Waals surface area contributed by atoms with Gasteiger partial charge in [0, 0.05) is 30.5 Å². The van der Waals surface area contributed by atoms with E-state index in [1.807, 2.05) is 30.9 Å². The Bertz CT molecular complexity index is 844. The number of nitrogens with one attached hydrogen (secondary N) is 1. The minimum Gasteiger partial charge on any atom is -0.312 e. The number of carbonyl (C=O) groups is 2. The highest BCUT2D eigenvalue weighted by Gasteiger charge is 2.34. The maximum absolute atomic E-state index is 12.5. The smallest absolute Gasteiger partial charge is 0.229 e. The summed E-state index contributed by atoms with van der Waals surface area (Å²) in [5.41, 5.74) is 3.31. The quantitative estimate of drug-likeness (QED) is 0.813. The van der Waals surface area contributed by atoms with E-state index >= 15 is 0 Å². The Labute approximate surface area is 164 Å². The maximum Gasteiger partial charge on any atom is 0.229 e. The summed E-state index contributed by atoms with van der Waals surface area (Å²) in [4.78, 5) is 26.6. The van der Waals surface area contributed by atoms with Crippen molar-refractivity contribution in [2.45, 2.75) is 52.9 Å². The van der Waals surface area contributed by atoms with Crippen molar-refractivity contribution in [3.63, 3.8) is 0 Å². The Hall–Kier alpha value is -2.28. The minimum absolute atomic E-state index is 0.00863. The van der Waals surface area contributed by atoms with E-state index in [0.29, 0.717) is 18.1 Å². The van der Waals surface area contributed by atoms with Crippen molar-refractivity contribution in [1.82, 2.24) is 10.2 Å². The zero-order chi connectivity index (χ0) is 19.6. The molecule has 0 radical (unpaired) electrons. The third-order valence-electron chi connectivity index (χ3n) is 5.30. The summed E-state index contributed by atoms with van der Waals surface area (Å²) >= 11 is 1.37. The van der Waals surface area contributed by atoms with Gasteiger partial charge in [0.15, 0.2) is 0 Å². The van der Waals surface area contributed by atoms with Gasteiger partial charge < -0.3 is 10.2 Å². The Morgan fingerprint density at radius 1 is 1.26 bits per heavy atom. The molecule has 0 bridgehead atoms. The SMILES string of the molecule is CCC(CC)C(=O)Nc1nnc([C@H]2CC(=O)N(c3ccc(C)c(C)c3)C2)s1. The van der Waals surface area contributed by atoms with Crippen LogP contribution in [0.15, 0.2) is 18.2 Å². The summed E-state index contributed by atoms with van der Waals surface area (Å²) in [5.74, 6) is 0.0871. The molecule has 0 saturated carbocycles. The number of hydrogen-bond acceptors (Lipinski definition) is 5. The van der Waals surface area contributed by atoms with E-state index in [2.05, 4.69) is 35.4 Å². The van der Waals surface area contributed by atoms with Crippen molar-refractivity contribution in [3.8, 4) is 0 Å². The standard InChI is InChI=1S/C20H26N4O2S/c1-5-14(6-2)18(26)21-20-23-22-19(27-20)15-10-17(25)24(11-15)16-8-7-12(3)13(4)9-16/h7-9,14-15H,5-6,10-11H2,1-4H3,(H,21,23,26)/t15-/m0/s1. The van der Waals surface area contributed by atoms with Crippen molar-refractivity contribution in [1.29, 1.82) is 0 Å². The van der Waals surface area contributed by atoms with Crippen LogP contribution in [0.1, 0.15) is 55.2 Å². The summed E-state index contributed by atoms with van der Waals surface area (Å²) in [7, 11) is 0. The third-order valence-corrected chi connectivity index (χ3v) is 6.30. The lowest BCUT2D eigenvalue weighted by Gasteiger charge is -2.17. The summed E-state index contributed by atoms with van der Waals surface area (Å²) in [6, 6.07) is 6.09. The van der Waals surface area contributed by atoms with Gasteiger partial charge in [0.2, 0.25) is 16.9 Å². The second kappa shape index (κ2) is 8.17. The summed E-state index contributed by atoms with van der Waals surface area (Å²) < 4.78 is 0. The number of anilines is 2. The normalized spacial score (nSPS) is 17.0. The van der Waals surface area contributed by atoms with Crippen molar-refractivity contribution in [2.75, 3.05) is 16.8 Å². The Morgan fingerprint density at radius 3 is 2.67 bits per heavy atom. The van der Waals surface area contributed by atoms with Crippen LogP contribution >= 0.6 is 11.3 Å². The molecule has 1 saturated heterocycles. The first-order valence-electron chi connectivity index (χ1n) is 9.44. The predicted octanol–water partition coefficient (Wildman–Crippen LogP) is 4.05. The summed E-state index contributed by atoms with van der Waals surface area (Å²) in [6.07, 6.45) is 2.02. The molecule has 2 aromatic rings. The van der Waals surface area contributed by atoms with Gasteiger partial charge >= 0.3 is 0 Å². The van der Waals surface area contributed by atoms with Crippen LogP contribution < -0.4 is 10.2 Å². The van der Waals surface area contributed by atoms with E-state index in [1.54, 1.807) is 0 Å². The van der Waals surface area contributed by atoms with E-state index in [9.17, 15) is 9.59 Å². The van der Waals surface area contributed by atoms with E-state index in [-0.39, 0.29) is 23.7 Å². The van der Waals surface area contributed by atoms with Crippen LogP contribution in [0.25, 0.3) is 0 Å². The molecular formula is C20H26N4O2S. The molecule has 1 fully saturated rings. The van der Waals surface area contributed by atoms with Gasteiger partial charge in [0.1, 0.15) is 5.01 Å². The molecule has 144 valence electrons. The molecule has 1 atom stereocenters. The molecule has 1 aromatic carbocycles. The molecule has 7 heteroatoms. The van der Waals surface area contributed by atoms with Gasteiger partial charge in [-0.25, -0.2) is 0 Å². The van der Waals surface area contributed by atoms with E-state index in [1.165, 1.54) is 22.5 Å². The van der Waals surface area contributed by atoms with Crippen LogP contribution in [0.4, 0.5) is 10.8 Å². The molecule has 2 amide bonds. The largest absolute Gasteiger partial charge is 0.312 e. The lowest BCUT2D eigenvalue weighted by molar-refractivity contribution is -0.120. The molecule has 1 N–H and O–H groups in total. The van der Waals surface area contributed by atoms with Crippen LogP contribution in [0, 0.1) is 19.8 Å². The number of aromatic nitrogens is 2. The molecule has 1 aliphatic rings. The number of amides is 2. The highest BCUT2D eigenvalue weighted by molar-refractivity contribution is 7.15. The second-order valence-electron chi connectivity index (χ2n) is 7.12. The van der Waals surface area contributed by atoms with Gasteiger partial charge in [-0.15, -0.1) is 10.2 Å². The third kappa shape index (κ3) is 4.18. The molecular weight excluding hydrogens is 360 g/mol. The average molecular weight is 387 g/mol. The monoisotopic (exact) mass is 386 g/mol. The Balaban J connectivity index is 1.69. The molecule has 0 unspecified atom stereocenters. The van der Waals surface area contributed by atoms with Crippen LogP contribution in [0.2, 0.25) is 0 Å². The van der Waals surface area contributed by atoms with E-state index in [0.717, 1.165) is 23.5 Å².